The second-order valence-electron chi connectivity index (χ2n) is 13.7. The molecule has 0 fully saturated rings. The van der Waals surface area contributed by atoms with Crippen LogP contribution in [0.4, 0.5) is 0 Å². The molecule has 4 nitrogen and oxygen atoms in total. The number of benzene rings is 8. The number of hydrogen-bond donors (Lipinski definition) is 0. The lowest BCUT2D eigenvalue weighted by Gasteiger charge is -2.13. The first-order chi connectivity index (χ1) is 27.2. The van der Waals surface area contributed by atoms with Gasteiger partial charge in [-0.2, -0.15) is 0 Å². The number of hydrogen-bond acceptors (Lipinski definition) is 3. The van der Waals surface area contributed by atoms with Gasteiger partial charge < -0.3 is 4.57 Å². The van der Waals surface area contributed by atoms with Gasteiger partial charge in [0.05, 0.1) is 11.0 Å². The number of fused-ring (bicyclic) bond motifs is 3. The molecule has 0 atom stereocenters. The molecule has 0 aliphatic rings. The first-order valence-electron chi connectivity index (χ1n) is 18.5. The molecular weight excluding hydrogens is 669 g/mol. The standard InChI is InChI=1S/C51H34N4/c1-4-15-35(16-5-1)39-21-14-22-40(31-39)42-32-41(36-17-6-2-7-18-36)33-43(34-42)51-53-49(37-19-8-3-9-20-37)52-50(54-51)38-27-29-44(30-28-38)55-47-25-12-10-23-45(47)46-24-11-13-26-48(46)55/h1-34H. The van der Waals surface area contributed by atoms with Gasteiger partial charge in [-0.1, -0.05) is 146 Å². The summed E-state index contributed by atoms with van der Waals surface area (Å²) in [6.45, 7) is 0. The van der Waals surface area contributed by atoms with Crippen molar-refractivity contribution >= 4 is 21.8 Å². The van der Waals surface area contributed by atoms with Gasteiger partial charge in [-0.25, -0.2) is 15.0 Å². The van der Waals surface area contributed by atoms with Gasteiger partial charge in [0, 0.05) is 33.2 Å². The van der Waals surface area contributed by atoms with E-state index in [9.17, 15) is 0 Å². The van der Waals surface area contributed by atoms with E-state index in [4.69, 9.17) is 15.0 Å². The topological polar surface area (TPSA) is 43.6 Å². The van der Waals surface area contributed by atoms with E-state index < -0.39 is 0 Å². The fraction of sp³-hybridized carbons (Fsp3) is 0. The van der Waals surface area contributed by atoms with Crippen molar-refractivity contribution in [2.24, 2.45) is 0 Å². The highest BCUT2D eigenvalue weighted by molar-refractivity contribution is 6.09. The Morgan fingerprint density at radius 2 is 0.618 bits per heavy atom. The van der Waals surface area contributed by atoms with E-state index in [1.807, 2.05) is 18.2 Å². The Hall–Kier alpha value is -7.43. The molecule has 0 unspecified atom stereocenters. The second kappa shape index (κ2) is 13.8. The fourth-order valence-electron chi connectivity index (χ4n) is 7.54. The highest BCUT2D eigenvalue weighted by Crippen LogP contribution is 2.36. The van der Waals surface area contributed by atoms with Crippen molar-refractivity contribution in [3.63, 3.8) is 0 Å². The molecule has 55 heavy (non-hydrogen) atoms. The first kappa shape index (κ1) is 32.2. The monoisotopic (exact) mass is 702 g/mol. The van der Waals surface area contributed by atoms with Crippen LogP contribution in [0.3, 0.4) is 0 Å². The van der Waals surface area contributed by atoms with Crippen molar-refractivity contribution in [1.82, 2.24) is 19.5 Å². The molecule has 0 bridgehead atoms. The highest BCUT2D eigenvalue weighted by atomic mass is 15.0. The normalized spacial score (nSPS) is 11.3. The number of aromatic nitrogens is 4. The molecular formula is C51H34N4. The van der Waals surface area contributed by atoms with Gasteiger partial charge in [-0.15, -0.1) is 0 Å². The summed E-state index contributed by atoms with van der Waals surface area (Å²) in [5.74, 6) is 1.87. The van der Waals surface area contributed by atoms with Gasteiger partial charge in [0.25, 0.3) is 0 Å². The number of para-hydroxylation sites is 2. The second-order valence-corrected chi connectivity index (χ2v) is 13.7. The van der Waals surface area contributed by atoms with Crippen LogP contribution < -0.4 is 0 Å². The molecule has 10 rings (SSSR count). The van der Waals surface area contributed by atoms with Crippen LogP contribution in [-0.2, 0) is 0 Å². The zero-order valence-corrected chi connectivity index (χ0v) is 29.9. The first-order valence-corrected chi connectivity index (χ1v) is 18.5. The minimum Gasteiger partial charge on any atom is -0.309 e. The van der Waals surface area contributed by atoms with Crippen molar-refractivity contribution in [3.05, 3.63) is 206 Å². The number of rotatable bonds is 7. The van der Waals surface area contributed by atoms with Crippen molar-refractivity contribution in [3.8, 4) is 73.2 Å². The van der Waals surface area contributed by atoms with Crippen LogP contribution in [0.5, 0.6) is 0 Å². The molecule has 0 amide bonds. The van der Waals surface area contributed by atoms with E-state index in [1.54, 1.807) is 0 Å². The third kappa shape index (κ3) is 6.16. The maximum absolute atomic E-state index is 5.20. The third-order valence-corrected chi connectivity index (χ3v) is 10.2. The molecule has 4 heteroatoms. The van der Waals surface area contributed by atoms with Crippen molar-refractivity contribution in [2.45, 2.75) is 0 Å². The van der Waals surface area contributed by atoms with E-state index in [1.165, 1.54) is 32.9 Å². The summed E-state index contributed by atoms with van der Waals surface area (Å²) < 4.78 is 2.33. The van der Waals surface area contributed by atoms with E-state index in [-0.39, 0.29) is 0 Å². The predicted molar refractivity (Wildman–Crippen MR) is 227 cm³/mol. The third-order valence-electron chi connectivity index (χ3n) is 10.2. The fourth-order valence-corrected chi connectivity index (χ4v) is 7.54. The minimum atomic E-state index is 0.619. The maximum Gasteiger partial charge on any atom is 0.164 e. The Kier molecular flexibility index (Phi) is 8.12. The summed E-state index contributed by atoms with van der Waals surface area (Å²) in [4.78, 5) is 15.4. The molecule has 10 aromatic rings. The van der Waals surface area contributed by atoms with Crippen LogP contribution in [-0.4, -0.2) is 19.5 Å². The summed E-state index contributed by atoms with van der Waals surface area (Å²) in [6, 6.07) is 72.3. The smallest absolute Gasteiger partial charge is 0.164 e. The molecule has 2 aromatic heterocycles. The molecule has 0 radical (unpaired) electrons. The van der Waals surface area contributed by atoms with Crippen molar-refractivity contribution in [2.75, 3.05) is 0 Å². The summed E-state index contributed by atoms with van der Waals surface area (Å²) in [6.07, 6.45) is 0. The SMILES string of the molecule is c1ccc(-c2cccc(-c3cc(-c4ccccc4)cc(-c4nc(-c5ccccc5)nc(-c5ccc(-n6c7ccccc7c7ccccc76)cc5)n4)c3)c2)cc1. The zero-order chi connectivity index (χ0) is 36.6. The Bertz CT molecular complexity index is 2900. The van der Waals surface area contributed by atoms with Gasteiger partial charge in [0.1, 0.15) is 0 Å². The Balaban J connectivity index is 1.12. The van der Waals surface area contributed by atoms with Gasteiger partial charge in [0.2, 0.25) is 0 Å². The average molecular weight is 703 g/mol. The maximum atomic E-state index is 5.20. The van der Waals surface area contributed by atoms with E-state index in [2.05, 4.69) is 193 Å². The average Bonchev–Trinajstić information content (AvgIpc) is 3.61. The summed E-state index contributed by atoms with van der Waals surface area (Å²) >= 11 is 0. The zero-order valence-electron chi connectivity index (χ0n) is 29.9. The lowest BCUT2D eigenvalue weighted by Crippen LogP contribution is -2.01. The van der Waals surface area contributed by atoms with Gasteiger partial charge in [0.15, 0.2) is 17.5 Å². The summed E-state index contributed by atoms with van der Waals surface area (Å²) in [7, 11) is 0. The summed E-state index contributed by atoms with van der Waals surface area (Å²) in [5, 5.41) is 2.47. The molecule has 0 aliphatic carbocycles. The predicted octanol–water partition coefficient (Wildman–Crippen LogP) is 13.0. The number of nitrogens with zero attached hydrogens (tertiary/aromatic N) is 4. The Morgan fingerprint density at radius 3 is 1.18 bits per heavy atom. The van der Waals surface area contributed by atoms with Gasteiger partial charge in [-0.3, -0.25) is 0 Å². The quantitative estimate of drug-likeness (QED) is 0.166. The van der Waals surface area contributed by atoms with E-state index >= 15 is 0 Å². The Morgan fingerprint density at radius 1 is 0.255 bits per heavy atom. The van der Waals surface area contributed by atoms with Crippen LogP contribution >= 0.6 is 0 Å². The Labute approximate surface area is 319 Å². The molecule has 0 aliphatic heterocycles. The molecule has 258 valence electrons. The molecule has 0 saturated carbocycles. The van der Waals surface area contributed by atoms with Gasteiger partial charge >= 0.3 is 0 Å². The van der Waals surface area contributed by atoms with Crippen LogP contribution in [0.25, 0.3) is 95.0 Å². The van der Waals surface area contributed by atoms with E-state index in [0.717, 1.165) is 44.6 Å². The van der Waals surface area contributed by atoms with Crippen LogP contribution in [0.15, 0.2) is 206 Å². The van der Waals surface area contributed by atoms with Crippen molar-refractivity contribution < 1.29 is 0 Å². The lowest BCUT2D eigenvalue weighted by molar-refractivity contribution is 1.07. The molecule has 0 spiro atoms. The molecule has 8 aromatic carbocycles. The largest absolute Gasteiger partial charge is 0.309 e. The van der Waals surface area contributed by atoms with Crippen molar-refractivity contribution in [1.29, 1.82) is 0 Å². The van der Waals surface area contributed by atoms with Gasteiger partial charge in [-0.05, 0) is 94.0 Å². The summed E-state index contributed by atoms with van der Waals surface area (Å²) in [5.41, 5.74) is 13.0. The molecule has 0 saturated heterocycles. The van der Waals surface area contributed by atoms with E-state index in [0.29, 0.717) is 17.5 Å². The molecule has 0 N–H and O–H groups in total. The van der Waals surface area contributed by atoms with Crippen LogP contribution in [0, 0.1) is 0 Å². The minimum absolute atomic E-state index is 0.619. The highest BCUT2D eigenvalue weighted by Gasteiger charge is 2.16. The van der Waals surface area contributed by atoms with Crippen LogP contribution in [0.1, 0.15) is 0 Å². The molecule has 2 heterocycles. The lowest BCUT2D eigenvalue weighted by atomic mass is 9.94. The van der Waals surface area contributed by atoms with Crippen LogP contribution in [0.2, 0.25) is 0 Å².